The lowest BCUT2D eigenvalue weighted by Gasteiger charge is -2.14. The Morgan fingerprint density at radius 3 is 2.70 bits per heavy atom. The smallest absolute Gasteiger partial charge is 0.329 e. The van der Waals surface area contributed by atoms with Crippen LogP contribution in [-0.4, -0.2) is 33.1 Å². The molecular weight excluding hydrogens is 302 g/mol. The number of rotatable bonds is 6. The van der Waals surface area contributed by atoms with Crippen LogP contribution < -0.4 is 16.6 Å². The quantitative estimate of drug-likeness (QED) is 0.658. The number of aromatic amines is 1. The number of amides is 1. The first kappa shape index (κ1) is 16.5. The van der Waals surface area contributed by atoms with E-state index in [-0.39, 0.29) is 19.4 Å². The number of hydrogen-bond acceptors (Lipinski definition) is 4. The van der Waals surface area contributed by atoms with E-state index in [9.17, 15) is 19.2 Å². The standard InChI is InChI=1S/C15H17N3O5/c1-9(13(21)16-8-4-7-12(19)20)18-14(22)10-5-2-3-6-11(10)17-15(18)23/h2-3,5-6,9H,4,7-8H2,1H3,(H,16,21)(H,17,23)(H,19,20)/t9-/m0/s1. The van der Waals surface area contributed by atoms with E-state index in [1.165, 1.54) is 6.92 Å². The Balaban J connectivity index is 2.22. The second kappa shape index (κ2) is 6.91. The van der Waals surface area contributed by atoms with Crippen molar-refractivity contribution in [3.05, 3.63) is 45.1 Å². The van der Waals surface area contributed by atoms with Crippen LogP contribution in [0.15, 0.2) is 33.9 Å². The molecule has 8 heteroatoms. The van der Waals surface area contributed by atoms with E-state index in [0.717, 1.165) is 4.57 Å². The topological polar surface area (TPSA) is 121 Å². The molecule has 3 N–H and O–H groups in total. The minimum Gasteiger partial charge on any atom is -0.481 e. The summed E-state index contributed by atoms with van der Waals surface area (Å²) in [4.78, 5) is 49.5. The molecule has 0 aliphatic rings. The maximum Gasteiger partial charge on any atom is 0.329 e. The zero-order chi connectivity index (χ0) is 17.0. The van der Waals surface area contributed by atoms with Crippen molar-refractivity contribution in [2.75, 3.05) is 6.54 Å². The fourth-order valence-corrected chi connectivity index (χ4v) is 2.24. The summed E-state index contributed by atoms with van der Waals surface area (Å²) in [6.07, 6.45) is 0.210. The number of carbonyl (C=O) groups is 2. The summed E-state index contributed by atoms with van der Waals surface area (Å²) in [5.41, 5.74) is -0.799. The van der Waals surface area contributed by atoms with E-state index in [2.05, 4.69) is 10.3 Å². The summed E-state index contributed by atoms with van der Waals surface area (Å²) >= 11 is 0. The SMILES string of the molecule is C[C@@H](C(=O)NCCCC(=O)O)n1c(=O)[nH]c2ccccc2c1=O. The molecule has 1 amide bonds. The second-order valence-corrected chi connectivity index (χ2v) is 5.12. The molecule has 0 radical (unpaired) electrons. The number of carboxylic acids is 1. The van der Waals surface area contributed by atoms with Crippen molar-refractivity contribution in [2.45, 2.75) is 25.8 Å². The van der Waals surface area contributed by atoms with Gasteiger partial charge in [0.15, 0.2) is 0 Å². The van der Waals surface area contributed by atoms with Crippen molar-refractivity contribution in [2.24, 2.45) is 0 Å². The molecule has 2 aromatic rings. The minimum absolute atomic E-state index is 0.0643. The van der Waals surface area contributed by atoms with Crippen molar-refractivity contribution < 1.29 is 14.7 Å². The number of nitrogens with zero attached hydrogens (tertiary/aromatic N) is 1. The molecule has 2 rings (SSSR count). The Morgan fingerprint density at radius 1 is 1.30 bits per heavy atom. The van der Waals surface area contributed by atoms with Crippen LogP contribution in [0, 0.1) is 0 Å². The lowest BCUT2D eigenvalue weighted by atomic mass is 10.2. The monoisotopic (exact) mass is 319 g/mol. The molecule has 0 aliphatic heterocycles. The van der Waals surface area contributed by atoms with Crippen molar-refractivity contribution in [1.82, 2.24) is 14.9 Å². The van der Waals surface area contributed by atoms with Gasteiger partial charge in [-0.2, -0.15) is 0 Å². The molecule has 0 saturated carbocycles. The summed E-state index contributed by atoms with van der Waals surface area (Å²) in [6, 6.07) is 5.55. The Labute approximate surface area is 130 Å². The van der Waals surface area contributed by atoms with E-state index in [4.69, 9.17) is 5.11 Å². The van der Waals surface area contributed by atoms with Gasteiger partial charge in [0, 0.05) is 13.0 Å². The number of aromatic nitrogens is 2. The van der Waals surface area contributed by atoms with E-state index >= 15 is 0 Å². The van der Waals surface area contributed by atoms with Crippen LogP contribution in [0.25, 0.3) is 10.9 Å². The number of carboxylic acid groups (broad SMARTS) is 1. The highest BCUT2D eigenvalue weighted by Crippen LogP contribution is 2.06. The summed E-state index contributed by atoms with van der Waals surface area (Å²) in [5.74, 6) is -1.47. The van der Waals surface area contributed by atoms with Gasteiger partial charge in [0.2, 0.25) is 5.91 Å². The fourth-order valence-electron chi connectivity index (χ4n) is 2.24. The predicted octanol–water partition coefficient (Wildman–Crippen LogP) is 0.232. The van der Waals surface area contributed by atoms with Gasteiger partial charge in [0.25, 0.3) is 5.56 Å². The summed E-state index contributed by atoms with van der Waals surface area (Å²) in [5, 5.41) is 11.4. The fraction of sp³-hybridized carbons (Fsp3) is 0.333. The molecule has 0 bridgehead atoms. The van der Waals surface area contributed by atoms with Gasteiger partial charge < -0.3 is 15.4 Å². The molecule has 8 nitrogen and oxygen atoms in total. The average Bonchev–Trinajstić information content (AvgIpc) is 2.51. The van der Waals surface area contributed by atoms with Gasteiger partial charge in [-0.15, -0.1) is 0 Å². The zero-order valence-electron chi connectivity index (χ0n) is 12.5. The molecule has 23 heavy (non-hydrogen) atoms. The van der Waals surface area contributed by atoms with Crippen molar-refractivity contribution in [3.8, 4) is 0 Å². The molecule has 0 unspecified atom stereocenters. The number of nitrogens with one attached hydrogen (secondary N) is 2. The van der Waals surface area contributed by atoms with Crippen molar-refractivity contribution in [1.29, 1.82) is 0 Å². The summed E-state index contributed by atoms with van der Waals surface area (Å²) < 4.78 is 0.856. The first-order chi connectivity index (χ1) is 10.9. The van der Waals surface area contributed by atoms with Gasteiger partial charge in [0.05, 0.1) is 10.9 Å². The molecule has 1 aromatic heterocycles. The number of aliphatic carboxylic acids is 1. The lowest BCUT2D eigenvalue weighted by Crippen LogP contribution is -2.43. The maximum absolute atomic E-state index is 12.4. The first-order valence-corrected chi connectivity index (χ1v) is 7.15. The Kier molecular flexibility index (Phi) is 4.95. The van der Waals surface area contributed by atoms with Crippen LogP contribution in [0.2, 0.25) is 0 Å². The number of carbonyl (C=O) groups excluding carboxylic acids is 1. The summed E-state index contributed by atoms with van der Waals surface area (Å²) in [6.45, 7) is 1.60. The molecule has 122 valence electrons. The van der Waals surface area contributed by atoms with Gasteiger partial charge in [-0.3, -0.25) is 14.4 Å². The Bertz CT molecular complexity index is 852. The number of para-hydroxylation sites is 1. The molecular formula is C15H17N3O5. The van der Waals surface area contributed by atoms with Gasteiger partial charge >= 0.3 is 11.7 Å². The van der Waals surface area contributed by atoms with E-state index in [0.29, 0.717) is 10.9 Å². The Morgan fingerprint density at radius 2 is 2.00 bits per heavy atom. The molecule has 0 fully saturated rings. The van der Waals surface area contributed by atoms with Crippen LogP contribution in [0.3, 0.4) is 0 Å². The van der Waals surface area contributed by atoms with Crippen LogP contribution in [0.4, 0.5) is 0 Å². The largest absolute Gasteiger partial charge is 0.481 e. The number of benzene rings is 1. The molecule has 0 aliphatic carbocycles. The highest BCUT2D eigenvalue weighted by molar-refractivity contribution is 5.81. The second-order valence-electron chi connectivity index (χ2n) is 5.12. The number of fused-ring (bicyclic) bond motifs is 1. The van der Waals surface area contributed by atoms with E-state index < -0.39 is 29.2 Å². The van der Waals surface area contributed by atoms with E-state index in [1.807, 2.05) is 0 Å². The summed E-state index contributed by atoms with van der Waals surface area (Å²) in [7, 11) is 0. The molecule has 1 atom stereocenters. The maximum atomic E-state index is 12.4. The van der Waals surface area contributed by atoms with Gasteiger partial charge in [-0.05, 0) is 25.5 Å². The predicted molar refractivity (Wildman–Crippen MR) is 83.4 cm³/mol. The molecule has 0 spiro atoms. The number of H-pyrrole nitrogens is 1. The van der Waals surface area contributed by atoms with Crippen molar-refractivity contribution >= 4 is 22.8 Å². The highest BCUT2D eigenvalue weighted by atomic mass is 16.4. The van der Waals surface area contributed by atoms with Crippen LogP contribution in [-0.2, 0) is 9.59 Å². The first-order valence-electron chi connectivity index (χ1n) is 7.15. The third kappa shape index (κ3) is 3.65. The van der Waals surface area contributed by atoms with Gasteiger partial charge in [0.1, 0.15) is 6.04 Å². The van der Waals surface area contributed by atoms with Gasteiger partial charge in [-0.1, -0.05) is 12.1 Å². The third-order valence-corrected chi connectivity index (χ3v) is 3.47. The molecule has 1 heterocycles. The van der Waals surface area contributed by atoms with Crippen LogP contribution >= 0.6 is 0 Å². The molecule has 1 aromatic carbocycles. The zero-order valence-corrected chi connectivity index (χ0v) is 12.5. The van der Waals surface area contributed by atoms with Crippen LogP contribution in [0.1, 0.15) is 25.8 Å². The minimum atomic E-state index is -0.999. The Hall–Kier alpha value is -2.90. The normalized spacial score (nSPS) is 12.0. The lowest BCUT2D eigenvalue weighted by molar-refractivity contribution is -0.137. The van der Waals surface area contributed by atoms with E-state index in [1.54, 1.807) is 24.3 Å². The third-order valence-electron chi connectivity index (χ3n) is 3.47. The average molecular weight is 319 g/mol. The van der Waals surface area contributed by atoms with Gasteiger partial charge in [-0.25, -0.2) is 9.36 Å². The highest BCUT2D eigenvalue weighted by Gasteiger charge is 2.19. The number of hydrogen-bond donors (Lipinski definition) is 3. The molecule has 0 saturated heterocycles. The van der Waals surface area contributed by atoms with Crippen molar-refractivity contribution in [3.63, 3.8) is 0 Å². The van der Waals surface area contributed by atoms with Crippen LogP contribution in [0.5, 0.6) is 0 Å².